The van der Waals surface area contributed by atoms with Gasteiger partial charge in [-0.15, -0.1) is 0 Å². The summed E-state index contributed by atoms with van der Waals surface area (Å²) >= 11 is 11.6. The highest BCUT2D eigenvalue weighted by atomic mass is 35.5. The zero-order chi connectivity index (χ0) is 62.3. The summed E-state index contributed by atoms with van der Waals surface area (Å²) in [6, 6.07) is 27.3. The monoisotopic (exact) mass is 1200 g/mol. The van der Waals surface area contributed by atoms with Crippen LogP contribution in [0.1, 0.15) is 81.3 Å². The van der Waals surface area contributed by atoms with Crippen molar-refractivity contribution in [3.8, 4) is 0 Å². The van der Waals surface area contributed by atoms with Crippen LogP contribution in [0.2, 0.25) is 10.0 Å². The summed E-state index contributed by atoms with van der Waals surface area (Å²) < 4.78 is 30.9. The second kappa shape index (κ2) is 32.1. The molecule has 0 atom stereocenters. The molecule has 0 aliphatic heterocycles. The first-order chi connectivity index (χ1) is 40.6. The second-order valence-corrected chi connectivity index (χ2v) is 19.7. The van der Waals surface area contributed by atoms with Crippen molar-refractivity contribution in [2.24, 2.45) is 17.2 Å². The van der Waals surface area contributed by atoms with Crippen LogP contribution >= 0.6 is 23.2 Å². The van der Waals surface area contributed by atoms with Crippen LogP contribution in [0.3, 0.4) is 0 Å². The highest BCUT2D eigenvalue weighted by molar-refractivity contribution is 6.31. The van der Waals surface area contributed by atoms with Gasteiger partial charge in [-0.2, -0.15) is 19.8 Å². The van der Waals surface area contributed by atoms with Crippen molar-refractivity contribution >= 4 is 92.5 Å². The first-order valence-electron chi connectivity index (χ1n) is 25.9. The first-order valence-corrected chi connectivity index (χ1v) is 26.6. The van der Waals surface area contributed by atoms with Gasteiger partial charge >= 0.3 is 6.15 Å². The fourth-order valence-electron chi connectivity index (χ4n) is 8.09. The van der Waals surface area contributed by atoms with Gasteiger partial charge in [0.2, 0.25) is 23.6 Å². The van der Waals surface area contributed by atoms with Gasteiger partial charge < -0.3 is 43.0 Å². The second-order valence-electron chi connectivity index (χ2n) is 18.9. The van der Waals surface area contributed by atoms with E-state index in [1.54, 1.807) is 113 Å². The predicted octanol–water partition coefficient (Wildman–Crippen LogP) is 5.24. The molecule has 4 aromatic heterocycles. The molecule has 85 heavy (non-hydrogen) atoms. The van der Waals surface area contributed by atoms with Crippen LogP contribution in [0.15, 0.2) is 128 Å². The Morgan fingerprint density at radius 2 is 1.01 bits per heavy atom. The first kappa shape index (κ1) is 66.0. The summed E-state index contributed by atoms with van der Waals surface area (Å²) in [6.45, 7) is 6.77. The van der Waals surface area contributed by atoms with Crippen molar-refractivity contribution in [2.45, 2.75) is 79.0 Å². The molecule has 4 aromatic carbocycles. The van der Waals surface area contributed by atoms with Crippen LogP contribution in [0.5, 0.6) is 0 Å². The Morgan fingerprint density at radius 3 is 1.45 bits per heavy atom. The molecule has 4 heterocycles. The number of aromatic nitrogens is 6. The van der Waals surface area contributed by atoms with Crippen molar-refractivity contribution in [1.82, 2.24) is 55.3 Å². The molecule has 0 radical (unpaired) electrons. The largest absolute Gasteiger partial charge is 0.373 e. The normalized spacial score (nSPS) is 10.5. The quantitative estimate of drug-likeness (QED) is 0.0568. The van der Waals surface area contributed by atoms with Crippen LogP contribution in [-0.4, -0.2) is 112 Å². The number of primary amides is 2. The van der Waals surface area contributed by atoms with E-state index in [4.69, 9.17) is 50.0 Å². The topological polar surface area (TPSA) is 336 Å². The number of halogens is 4. The van der Waals surface area contributed by atoms with Crippen molar-refractivity contribution < 1.29 is 51.9 Å². The number of carbonyl (C=O) groups is 7. The van der Waals surface area contributed by atoms with Crippen molar-refractivity contribution in [1.29, 1.82) is 0 Å². The summed E-state index contributed by atoms with van der Waals surface area (Å²) in [5, 5.41) is 17.2. The van der Waals surface area contributed by atoms with Gasteiger partial charge in [0.25, 0.3) is 17.7 Å². The van der Waals surface area contributed by atoms with Gasteiger partial charge in [-0.25, -0.2) is 8.78 Å². The third-order valence-corrected chi connectivity index (χ3v) is 13.0. The van der Waals surface area contributed by atoms with E-state index in [1.165, 1.54) is 49.5 Å². The van der Waals surface area contributed by atoms with Gasteiger partial charge in [-0.1, -0.05) is 65.7 Å². The molecule has 0 aliphatic carbocycles. The number of nitrogens with one attached hydrogen (secondary N) is 3. The average molecular weight is 1210 g/mol. The van der Waals surface area contributed by atoms with Gasteiger partial charge in [0.05, 0.1) is 34.2 Å². The SMILES string of the molecule is CC(C)N(CC(=O)NCc1cccc(Cl)c1F)C(=O)Cn1nc(C(N)=O)c2cc(C(=O)NCc3ccncc3)ccc21.CC(C)N(CC(=O)NCc1cccc(Cl)c1F)C(=O)Cn1nc(C(N)=O)c2ccccc21.NCc1ccncc1.O=C=O. The van der Waals surface area contributed by atoms with E-state index >= 15 is 0 Å². The molecule has 9 N–H and O–H groups in total. The van der Waals surface area contributed by atoms with E-state index in [0.29, 0.717) is 28.4 Å². The van der Waals surface area contributed by atoms with Crippen LogP contribution < -0.4 is 33.2 Å². The standard InChI is InChI=1S/C29H29ClFN7O4.C22H23ClFN5O3.C6H8N2.CO2/c1-17(2)37(15-24(39)34-14-20-4-3-5-22(30)26(20)31)25(40)16-38-23-7-6-19(12-21(23)27(36-38)28(32)41)29(42)35-13-18-8-10-33-11-9-18;1-13(2)28(11-18(30)26-10-14-6-5-8-16(23)20(14)24)19(31)12-29-17-9-4-3-7-15(17)21(27-29)22(25)32;7-5-6-1-3-8-4-2-6;2-1-3/h3-12,17H,13-16H2,1-2H3,(H2,32,41)(H,34,39)(H,35,42);3-9,13H,10-12H2,1-2H3,(H2,25,32)(H,26,30);1-4H,5,7H2;. The maximum absolute atomic E-state index is 14.2. The van der Waals surface area contributed by atoms with Crippen molar-refractivity contribution in [3.63, 3.8) is 0 Å². The van der Waals surface area contributed by atoms with E-state index in [2.05, 4.69) is 36.1 Å². The lowest BCUT2D eigenvalue weighted by Crippen LogP contribution is -2.45. The number of nitrogens with zero attached hydrogens (tertiary/aromatic N) is 8. The predicted molar refractivity (Wildman–Crippen MR) is 309 cm³/mol. The molecule has 7 amide bonds. The lowest BCUT2D eigenvalue weighted by molar-refractivity contribution is -0.191. The van der Waals surface area contributed by atoms with Crippen LogP contribution in [-0.2, 0) is 68.0 Å². The zero-order valence-electron chi connectivity index (χ0n) is 46.4. The molecule has 0 unspecified atom stereocenters. The molecular formula is C58H60Cl2F2N14O9. The number of rotatable bonds is 20. The summed E-state index contributed by atoms with van der Waals surface area (Å²) in [5.74, 6) is -4.88. The van der Waals surface area contributed by atoms with Gasteiger partial charge in [-0.3, -0.25) is 52.9 Å². The zero-order valence-corrected chi connectivity index (χ0v) is 47.9. The van der Waals surface area contributed by atoms with E-state index in [0.717, 1.165) is 11.1 Å². The fourth-order valence-corrected chi connectivity index (χ4v) is 8.48. The Kier molecular flexibility index (Phi) is 25.0. The smallest absolute Gasteiger partial charge is 0.364 e. The van der Waals surface area contributed by atoms with Gasteiger partial charge in [-0.05, 0) is 99.5 Å². The minimum absolute atomic E-state index is 0.0301. The summed E-state index contributed by atoms with van der Waals surface area (Å²) in [4.78, 5) is 115. The summed E-state index contributed by atoms with van der Waals surface area (Å²) in [5.41, 5.74) is 20.0. The molecule has 8 aromatic rings. The number of hydrogen-bond donors (Lipinski definition) is 6. The van der Waals surface area contributed by atoms with Gasteiger partial charge in [0, 0.05) is 90.5 Å². The van der Waals surface area contributed by atoms with Crippen molar-refractivity contribution in [3.05, 3.63) is 189 Å². The number of para-hydroxylation sites is 1. The number of hydrogen-bond acceptors (Lipinski definition) is 14. The molecule has 23 nitrogen and oxygen atoms in total. The Bertz CT molecular complexity index is 3690. The number of pyridine rings is 2. The van der Waals surface area contributed by atoms with E-state index < -0.39 is 41.2 Å². The summed E-state index contributed by atoms with van der Waals surface area (Å²) in [7, 11) is 0. The maximum Gasteiger partial charge on any atom is 0.373 e. The Labute approximate surface area is 495 Å². The molecule has 0 aliphatic rings. The van der Waals surface area contributed by atoms with Crippen molar-refractivity contribution in [2.75, 3.05) is 13.1 Å². The molecule has 444 valence electrons. The Morgan fingerprint density at radius 1 is 0.576 bits per heavy atom. The number of nitrogens with two attached hydrogens (primary N) is 3. The Hall–Kier alpha value is -9.81. The molecule has 0 bridgehead atoms. The van der Waals surface area contributed by atoms with Crippen LogP contribution in [0.25, 0.3) is 21.8 Å². The number of fused-ring (bicyclic) bond motifs is 2. The molecule has 27 heteroatoms. The molecular weight excluding hydrogens is 1150 g/mol. The van der Waals surface area contributed by atoms with E-state index in [-0.39, 0.29) is 114 Å². The van der Waals surface area contributed by atoms with Crippen LogP contribution in [0, 0.1) is 11.6 Å². The summed E-state index contributed by atoms with van der Waals surface area (Å²) in [6.07, 6.45) is 6.97. The van der Waals surface area contributed by atoms with Crippen LogP contribution in [0.4, 0.5) is 8.78 Å². The van der Waals surface area contributed by atoms with Gasteiger partial charge in [0.15, 0.2) is 11.4 Å². The number of benzene rings is 4. The van der Waals surface area contributed by atoms with E-state index in [9.17, 15) is 42.3 Å². The third kappa shape index (κ3) is 18.9. The molecule has 0 saturated carbocycles. The lowest BCUT2D eigenvalue weighted by atomic mass is 10.1. The molecule has 8 rings (SSSR count). The van der Waals surface area contributed by atoms with E-state index in [1.807, 2.05) is 12.1 Å². The molecule has 0 saturated heterocycles. The minimum Gasteiger partial charge on any atom is -0.364 e. The minimum atomic E-state index is -0.825. The molecule has 0 fully saturated rings. The molecule has 0 spiro atoms. The Balaban J connectivity index is 0.000000269. The number of amides is 7. The van der Waals surface area contributed by atoms with Gasteiger partial charge in [0.1, 0.15) is 24.7 Å². The average Bonchev–Trinajstić information content (AvgIpc) is 4.07. The highest BCUT2D eigenvalue weighted by Gasteiger charge is 2.26. The fraction of sp³-hybridized carbons (Fsp3) is 0.241. The third-order valence-electron chi connectivity index (χ3n) is 12.4. The lowest BCUT2D eigenvalue weighted by Gasteiger charge is -2.26. The maximum atomic E-state index is 14.2. The highest BCUT2D eigenvalue weighted by Crippen LogP contribution is 2.23. The number of carbonyl (C=O) groups excluding carboxylic acids is 9.